The number of aromatic nitrogens is 2. The molecule has 0 unspecified atom stereocenters. The van der Waals surface area contributed by atoms with Gasteiger partial charge in [-0.15, -0.1) is 0 Å². The SMILES string of the molecule is CC(C)(C)OC(=O)Nc1cn[nH]c1N. The Morgan fingerprint density at radius 2 is 2.29 bits per heavy atom. The molecule has 4 N–H and O–H groups in total. The third kappa shape index (κ3) is 2.96. The number of amides is 1. The monoisotopic (exact) mass is 198 g/mol. The number of nitrogens with one attached hydrogen (secondary N) is 2. The Balaban J connectivity index is 2.54. The first kappa shape index (κ1) is 10.4. The topological polar surface area (TPSA) is 93.0 Å². The molecule has 0 bridgehead atoms. The van der Waals surface area contributed by atoms with Gasteiger partial charge in [0.2, 0.25) is 0 Å². The normalized spacial score (nSPS) is 11.1. The molecule has 0 atom stereocenters. The van der Waals surface area contributed by atoms with Crippen molar-refractivity contribution in [1.29, 1.82) is 0 Å². The summed E-state index contributed by atoms with van der Waals surface area (Å²) in [5.74, 6) is 0.302. The van der Waals surface area contributed by atoms with Crippen LogP contribution in [0.2, 0.25) is 0 Å². The van der Waals surface area contributed by atoms with Crippen molar-refractivity contribution >= 4 is 17.6 Å². The van der Waals surface area contributed by atoms with Gasteiger partial charge in [-0.25, -0.2) is 4.79 Å². The minimum Gasteiger partial charge on any atom is -0.444 e. The zero-order valence-electron chi connectivity index (χ0n) is 8.42. The van der Waals surface area contributed by atoms with Crippen molar-refractivity contribution in [2.75, 3.05) is 11.1 Å². The van der Waals surface area contributed by atoms with Crippen LogP contribution in [0.15, 0.2) is 6.20 Å². The van der Waals surface area contributed by atoms with E-state index in [1.807, 2.05) is 0 Å². The zero-order chi connectivity index (χ0) is 10.8. The maximum atomic E-state index is 11.2. The van der Waals surface area contributed by atoms with Crippen LogP contribution in [0.25, 0.3) is 0 Å². The van der Waals surface area contributed by atoms with Gasteiger partial charge in [0, 0.05) is 0 Å². The second kappa shape index (κ2) is 3.57. The fraction of sp³-hybridized carbons (Fsp3) is 0.500. The molecule has 1 aromatic heterocycles. The van der Waals surface area contributed by atoms with E-state index in [0.717, 1.165) is 0 Å². The highest BCUT2D eigenvalue weighted by atomic mass is 16.6. The molecule has 78 valence electrons. The summed E-state index contributed by atoms with van der Waals surface area (Å²) in [5.41, 5.74) is 5.36. The van der Waals surface area contributed by atoms with Crippen molar-refractivity contribution in [1.82, 2.24) is 10.2 Å². The molecule has 0 aromatic carbocycles. The van der Waals surface area contributed by atoms with Gasteiger partial charge < -0.3 is 10.5 Å². The van der Waals surface area contributed by atoms with Crippen molar-refractivity contribution in [3.63, 3.8) is 0 Å². The molecule has 1 rings (SSSR count). The second-order valence-electron chi connectivity index (χ2n) is 3.82. The molecule has 1 aromatic rings. The molecular formula is C8H14N4O2. The predicted molar refractivity (Wildman–Crippen MR) is 52.9 cm³/mol. The first-order valence-corrected chi connectivity index (χ1v) is 4.17. The van der Waals surface area contributed by atoms with Gasteiger partial charge in [-0.2, -0.15) is 5.10 Å². The van der Waals surface area contributed by atoms with Gasteiger partial charge in [-0.3, -0.25) is 10.4 Å². The lowest BCUT2D eigenvalue weighted by molar-refractivity contribution is 0.0636. The Bertz CT molecular complexity index is 326. The standard InChI is InChI=1S/C8H14N4O2/c1-8(2,3)14-7(13)11-5-4-10-12-6(5)9/h4H,1-3H3,(H,11,13)(H3,9,10,12). The van der Waals surface area contributed by atoms with Crippen molar-refractivity contribution in [3.05, 3.63) is 6.20 Å². The quantitative estimate of drug-likeness (QED) is 0.634. The highest BCUT2D eigenvalue weighted by Crippen LogP contribution is 2.15. The third-order valence-corrected chi connectivity index (χ3v) is 1.30. The minimum absolute atomic E-state index is 0.302. The molecule has 6 heteroatoms. The molecule has 1 heterocycles. The molecule has 0 aliphatic carbocycles. The van der Waals surface area contributed by atoms with Crippen LogP contribution in [0.1, 0.15) is 20.8 Å². The van der Waals surface area contributed by atoms with Crippen LogP contribution in [0.4, 0.5) is 16.3 Å². The van der Waals surface area contributed by atoms with Gasteiger partial charge >= 0.3 is 6.09 Å². The molecule has 0 radical (unpaired) electrons. The maximum Gasteiger partial charge on any atom is 0.412 e. The average molecular weight is 198 g/mol. The van der Waals surface area contributed by atoms with E-state index >= 15 is 0 Å². The summed E-state index contributed by atoms with van der Waals surface area (Å²) in [6.45, 7) is 5.35. The van der Waals surface area contributed by atoms with Crippen LogP contribution < -0.4 is 11.1 Å². The smallest absolute Gasteiger partial charge is 0.412 e. The molecule has 0 aliphatic heterocycles. The van der Waals surface area contributed by atoms with Gasteiger partial charge in [0.05, 0.1) is 6.20 Å². The summed E-state index contributed by atoms with van der Waals surface area (Å²) in [6, 6.07) is 0. The predicted octanol–water partition coefficient (Wildman–Crippen LogP) is 1.34. The molecule has 0 saturated heterocycles. The van der Waals surface area contributed by atoms with Crippen molar-refractivity contribution in [2.45, 2.75) is 26.4 Å². The largest absolute Gasteiger partial charge is 0.444 e. The molecular weight excluding hydrogens is 184 g/mol. The number of H-pyrrole nitrogens is 1. The third-order valence-electron chi connectivity index (χ3n) is 1.30. The fourth-order valence-electron chi connectivity index (χ4n) is 0.809. The van der Waals surface area contributed by atoms with E-state index in [2.05, 4.69) is 15.5 Å². The van der Waals surface area contributed by atoms with E-state index in [0.29, 0.717) is 11.5 Å². The summed E-state index contributed by atoms with van der Waals surface area (Å²) in [6.07, 6.45) is 0.866. The summed E-state index contributed by atoms with van der Waals surface area (Å²) >= 11 is 0. The number of hydrogen-bond acceptors (Lipinski definition) is 4. The number of nitrogen functional groups attached to an aromatic ring is 1. The number of anilines is 2. The highest BCUT2D eigenvalue weighted by molar-refractivity contribution is 5.87. The first-order valence-electron chi connectivity index (χ1n) is 4.17. The maximum absolute atomic E-state index is 11.2. The summed E-state index contributed by atoms with van der Waals surface area (Å²) < 4.78 is 5.02. The van der Waals surface area contributed by atoms with Crippen LogP contribution in [-0.4, -0.2) is 21.9 Å². The lowest BCUT2D eigenvalue weighted by Gasteiger charge is -2.19. The fourth-order valence-corrected chi connectivity index (χ4v) is 0.809. The van der Waals surface area contributed by atoms with Crippen LogP contribution in [0.5, 0.6) is 0 Å². The van der Waals surface area contributed by atoms with E-state index in [-0.39, 0.29) is 0 Å². The number of ether oxygens (including phenoxy) is 1. The van der Waals surface area contributed by atoms with E-state index in [4.69, 9.17) is 10.5 Å². The molecule has 0 spiro atoms. The van der Waals surface area contributed by atoms with E-state index in [1.165, 1.54) is 6.20 Å². The summed E-state index contributed by atoms with van der Waals surface area (Å²) in [7, 11) is 0. The van der Waals surface area contributed by atoms with Crippen LogP contribution in [-0.2, 0) is 4.74 Å². The van der Waals surface area contributed by atoms with Crippen LogP contribution >= 0.6 is 0 Å². The second-order valence-corrected chi connectivity index (χ2v) is 3.82. The number of carbonyl (C=O) groups is 1. The van der Waals surface area contributed by atoms with Gasteiger partial charge in [-0.1, -0.05) is 0 Å². The number of carbonyl (C=O) groups excluding carboxylic acids is 1. The average Bonchev–Trinajstić information content (AvgIpc) is 2.32. The number of aromatic amines is 1. The van der Waals surface area contributed by atoms with Crippen LogP contribution in [0.3, 0.4) is 0 Å². The van der Waals surface area contributed by atoms with Crippen molar-refractivity contribution in [2.24, 2.45) is 0 Å². The molecule has 14 heavy (non-hydrogen) atoms. The van der Waals surface area contributed by atoms with Crippen molar-refractivity contribution < 1.29 is 9.53 Å². The summed E-state index contributed by atoms with van der Waals surface area (Å²) in [5, 5.41) is 8.61. The van der Waals surface area contributed by atoms with Gasteiger partial charge in [0.25, 0.3) is 0 Å². The molecule has 1 amide bonds. The Kier molecular flexibility index (Phi) is 2.64. The Morgan fingerprint density at radius 3 is 2.71 bits per heavy atom. The lowest BCUT2D eigenvalue weighted by Crippen LogP contribution is -2.27. The van der Waals surface area contributed by atoms with E-state index in [9.17, 15) is 4.79 Å². The summed E-state index contributed by atoms with van der Waals surface area (Å²) in [4.78, 5) is 11.2. The zero-order valence-corrected chi connectivity index (χ0v) is 8.42. The molecule has 6 nitrogen and oxygen atoms in total. The number of nitrogens with zero attached hydrogens (tertiary/aromatic N) is 1. The van der Waals surface area contributed by atoms with Crippen LogP contribution in [0, 0.1) is 0 Å². The van der Waals surface area contributed by atoms with Gasteiger partial charge in [0.1, 0.15) is 17.1 Å². The van der Waals surface area contributed by atoms with E-state index in [1.54, 1.807) is 20.8 Å². The molecule has 0 aliphatic rings. The van der Waals surface area contributed by atoms with Crippen molar-refractivity contribution in [3.8, 4) is 0 Å². The number of hydrogen-bond donors (Lipinski definition) is 3. The Hall–Kier alpha value is -1.72. The van der Waals surface area contributed by atoms with Gasteiger partial charge in [0.15, 0.2) is 0 Å². The number of nitrogens with two attached hydrogens (primary N) is 1. The Labute approximate surface area is 81.8 Å². The van der Waals surface area contributed by atoms with E-state index < -0.39 is 11.7 Å². The molecule has 0 saturated carbocycles. The Morgan fingerprint density at radius 1 is 1.64 bits per heavy atom. The first-order chi connectivity index (χ1) is 6.38. The lowest BCUT2D eigenvalue weighted by atomic mass is 10.2. The highest BCUT2D eigenvalue weighted by Gasteiger charge is 2.17. The minimum atomic E-state index is -0.550. The number of rotatable bonds is 1. The molecule has 0 fully saturated rings. The van der Waals surface area contributed by atoms with Gasteiger partial charge in [-0.05, 0) is 20.8 Å².